The maximum absolute atomic E-state index is 11.4. The molecule has 1 aromatic carbocycles. The number of nitrogens with one attached hydrogen (secondary N) is 2. The Morgan fingerprint density at radius 2 is 2.00 bits per heavy atom. The molecule has 0 radical (unpaired) electrons. The predicted octanol–water partition coefficient (Wildman–Crippen LogP) is 2.17. The van der Waals surface area contributed by atoms with E-state index in [0.717, 1.165) is 17.9 Å². The number of ether oxygens (including phenoxy) is 1. The summed E-state index contributed by atoms with van der Waals surface area (Å²) in [5, 5.41) is 6.25. The number of likely N-dealkylation sites (tertiary alicyclic amines) is 1. The second-order valence-corrected chi connectivity index (χ2v) is 5.57. The number of rotatable bonds is 6. The van der Waals surface area contributed by atoms with Crippen molar-refractivity contribution in [3.63, 3.8) is 0 Å². The molecule has 1 aliphatic heterocycles. The number of nitrogens with zero attached hydrogens (tertiary/aromatic N) is 1. The Morgan fingerprint density at radius 3 is 2.67 bits per heavy atom. The summed E-state index contributed by atoms with van der Waals surface area (Å²) in [5.74, 6) is -0.137. The van der Waals surface area contributed by atoms with E-state index in [1.54, 1.807) is 0 Å². The van der Waals surface area contributed by atoms with Crippen LogP contribution in [0.3, 0.4) is 0 Å². The lowest BCUT2D eigenvalue weighted by Gasteiger charge is -2.32. The standard InChI is InChI=1S/C16H25N3O2/c1-19-10-4-3-5-15(19)11-17-13-6-8-14(9-7-13)18-16(20)12-21-2/h6-9,15,17H,3-5,10-12H2,1-2H3,(H,18,20). The average Bonchev–Trinajstić information content (AvgIpc) is 2.48. The van der Waals surface area contributed by atoms with Gasteiger partial charge in [0.25, 0.3) is 0 Å². The van der Waals surface area contributed by atoms with Gasteiger partial charge in [0.2, 0.25) is 5.91 Å². The van der Waals surface area contributed by atoms with Gasteiger partial charge in [-0.15, -0.1) is 0 Å². The van der Waals surface area contributed by atoms with Crippen molar-refractivity contribution < 1.29 is 9.53 Å². The normalized spacial score (nSPS) is 19.2. The fraction of sp³-hybridized carbons (Fsp3) is 0.562. The van der Waals surface area contributed by atoms with Gasteiger partial charge in [0.05, 0.1) is 0 Å². The molecule has 1 heterocycles. The Labute approximate surface area is 126 Å². The number of likely N-dealkylation sites (N-methyl/N-ethyl adjacent to an activating group) is 1. The molecule has 0 spiro atoms. The van der Waals surface area contributed by atoms with Crippen LogP contribution in [0.15, 0.2) is 24.3 Å². The Balaban J connectivity index is 1.80. The zero-order valence-corrected chi connectivity index (χ0v) is 12.9. The number of hydrogen-bond acceptors (Lipinski definition) is 4. The van der Waals surface area contributed by atoms with Gasteiger partial charge in [0.15, 0.2) is 0 Å². The van der Waals surface area contributed by atoms with Gasteiger partial charge in [-0.3, -0.25) is 4.79 Å². The van der Waals surface area contributed by atoms with Crippen LogP contribution in [0, 0.1) is 0 Å². The number of amides is 1. The van der Waals surface area contributed by atoms with Crippen molar-refractivity contribution in [2.75, 3.05) is 44.5 Å². The van der Waals surface area contributed by atoms with Crippen molar-refractivity contribution in [1.29, 1.82) is 0 Å². The van der Waals surface area contributed by atoms with Crippen LogP contribution in [0.1, 0.15) is 19.3 Å². The first-order valence-corrected chi connectivity index (χ1v) is 7.52. The molecule has 1 fully saturated rings. The van der Waals surface area contributed by atoms with Crippen LogP contribution < -0.4 is 10.6 Å². The van der Waals surface area contributed by atoms with Crippen LogP contribution in [0.4, 0.5) is 11.4 Å². The maximum Gasteiger partial charge on any atom is 0.250 e. The van der Waals surface area contributed by atoms with Crippen LogP contribution in [0.5, 0.6) is 0 Å². The summed E-state index contributed by atoms with van der Waals surface area (Å²) in [6.07, 6.45) is 3.89. The molecule has 1 amide bonds. The summed E-state index contributed by atoms with van der Waals surface area (Å²) >= 11 is 0. The van der Waals surface area contributed by atoms with Crippen molar-refractivity contribution in [2.45, 2.75) is 25.3 Å². The van der Waals surface area contributed by atoms with Gasteiger partial charge < -0.3 is 20.3 Å². The van der Waals surface area contributed by atoms with E-state index in [-0.39, 0.29) is 12.5 Å². The first-order valence-electron chi connectivity index (χ1n) is 7.52. The molecule has 116 valence electrons. The lowest BCUT2D eigenvalue weighted by atomic mass is 10.0. The summed E-state index contributed by atoms with van der Waals surface area (Å²) in [5.41, 5.74) is 1.87. The van der Waals surface area contributed by atoms with Gasteiger partial charge in [-0.2, -0.15) is 0 Å². The molecule has 0 aliphatic carbocycles. The largest absolute Gasteiger partial charge is 0.383 e. The highest BCUT2D eigenvalue weighted by atomic mass is 16.5. The Kier molecular flexibility index (Phi) is 6.02. The van der Waals surface area contributed by atoms with Crippen LogP contribution in [-0.4, -0.2) is 50.7 Å². The van der Waals surface area contributed by atoms with E-state index in [2.05, 4.69) is 22.6 Å². The van der Waals surface area contributed by atoms with Gasteiger partial charge in [-0.1, -0.05) is 6.42 Å². The number of hydrogen-bond donors (Lipinski definition) is 2. The van der Waals surface area contributed by atoms with E-state index in [9.17, 15) is 4.79 Å². The number of anilines is 2. The first kappa shape index (κ1) is 15.8. The number of piperidine rings is 1. The van der Waals surface area contributed by atoms with E-state index in [4.69, 9.17) is 4.74 Å². The quantitative estimate of drug-likeness (QED) is 0.843. The molecule has 5 heteroatoms. The van der Waals surface area contributed by atoms with Gasteiger partial charge in [-0.25, -0.2) is 0 Å². The molecule has 1 aliphatic rings. The number of benzene rings is 1. The Bertz CT molecular complexity index is 447. The zero-order chi connectivity index (χ0) is 15.1. The minimum Gasteiger partial charge on any atom is -0.383 e. The summed E-state index contributed by atoms with van der Waals surface area (Å²) in [4.78, 5) is 13.8. The average molecular weight is 291 g/mol. The minimum atomic E-state index is -0.137. The number of methoxy groups -OCH3 is 1. The highest BCUT2D eigenvalue weighted by Crippen LogP contribution is 2.17. The van der Waals surface area contributed by atoms with Crippen LogP contribution in [0.2, 0.25) is 0 Å². The van der Waals surface area contributed by atoms with Crippen molar-refractivity contribution in [3.05, 3.63) is 24.3 Å². The highest BCUT2D eigenvalue weighted by Gasteiger charge is 2.18. The third-order valence-electron chi connectivity index (χ3n) is 3.91. The topological polar surface area (TPSA) is 53.6 Å². The molecule has 5 nitrogen and oxygen atoms in total. The second-order valence-electron chi connectivity index (χ2n) is 5.57. The van der Waals surface area contributed by atoms with E-state index in [0.29, 0.717) is 6.04 Å². The molecule has 0 saturated carbocycles. The van der Waals surface area contributed by atoms with E-state index in [1.165, 1.54) is 32.9 Å². The molecule has 1 saturated heterocycles. The molecular weight excluding hydrogens is 266 g/mol. The first-order chi connectivity index (χ1) is 10.2. The Morgan fingerprint density at radius 1 is 1.29 bits per heavy atom. The summed E-state index contributed by atoms with van der Waals surface area (Å²) in [6, 6.07) is 8.40. The number of carbonyl (C=O) groups excluding carboxylic acids is 1. The second kappa shape index (κ2) is 8.00. The highest BCUT2D eigenvalue weighted by molar-refractivity contribution is 5.91. The molecule has 1 unspecified atom stereocenters. The summed E-state index contributed by atoms with van der Waals surface area (Å²) in [6.45, 7) is 2.23. The van der Waals surface area contributed by atoms with E-state index < -0.39 is 0 Å². The zero-order valence-electron chi connectivity index (χ0n) is 12.9. The van der Waals surface area contributed by atoms with Crippen molar-refractivity contribution in [2.24, 2.45) is 0 Å². The monoisotopic (exact) mass is 291 g/mol. The SMILES string of the molecule is COCC(=O)Nc1ccc(NCC2CCCCN2C)cc1. The van der Waals surface area contributed by atoms with Gasteiger partial charge in [-0.05, 0) is 50.7 Å². The predicted molar refractivity (Wildman–Crippen MR) is 85.7 cm³/mol. The fourth-order valence-corrected chi connectivity index (χ4v) is 2.64. The van der Waals surface area contributed by atoms with Gasteiger partial charge in [0.1, 0.15) is 6.61 Å². The fourth-order valence-electron chi connectivity index (χ4n) is 2.64. The van der Waals surface area contributed by atoms with Crippen LogP contribution >= 0.6 is 0 Å². The molecule has 1 atom stereocenters. The molecular formula is C16H25N3O2. The summed E-state index contributed by atoms with van der Waals surface area (Å²) < 4.78 is 4.79. The van der Waals surface area contributed by atoms with Gasteiger partial charge in [0, 0.05) is 31.1 Å². The van der Waals surface area contributed by atoms with Crippen molar-refractivity contribution >= 4 is 17.3 Å². The smallest absolute Gasteiger partial charge is 0.250 e. The van der Waals surface area contributed by atoms with Crippen LogP contribution in [0.25, 0.3) is 0 Å². The lowest BCUT2D eigenvalue weighted by Crippen LogP contribution is -2.40. The van der Waals surface area contributed by atoms with Crippen molar-refractivity contribution in [3.8, 4) is 0 Å². The third-order valence-corrected chi connectivity index (χ3v) is 3.91. The maximum atomic E-state index is 11.4. The van der Waals surface area contributed by atoms with E-state index in [1.807, 2.05) is 24.3 Å². The molecule has 1 aromatic rings. The lowest BCUT2D eigenvalue weighted by molar-refractivity contribution is -0.119. The number of carbonyl (C=O) groups is 1. The third kappa shape index (κ3) is 5.02. The van der Waals surface area contributed by atoms with Crippen LogP contribution in [-0.2, 0) is 9.53 Å². The molecule has 21 heavy (non-hydrogen) atoms. The molecule has 0 bridgehead atoms. The van der Waals surface area contributed by atoms with Gasteiger partial charge >= 0.3 is 0 Å². The Hall–Kier alpha value is -1.59. The van der Waals surface area contributed by atoms with Crippen molar-refractivity contribution in [1.82, 2.24) is 4.90 Å². The molecule has 2 rings (SSSR count). The van der Waals surface area contributed by atoms with E-state index >= 15 is 0 Å². The minimum absolute atomic E-state index is 0.0774. The molecule has 2 N–H and O–H groups in total. The summed E-state index contributed by atoms with van der Waals surface area (Å²) in [7, 11) is 3.70. The molecule has 0 aromatic heterocycles.